The van der Waals surface area contributed by atoms with Crippen molar-refractivity contribution in [2.45, 2.75) is 0 Å². The molecule has 0 unspecified atom stereocenters. The minimum atomic E-state index is -1.75. The fourth-order valence-electron chi connectivity index (χ4n) is 1.57. The van der Waals surface area contributed by atoms with Crippen LogP contribution in [-0.4, -0.2) is 11.0 Å². The van der Waals surface area contributed by atoms with Crippen molar-refractivity contribution in [3.8, 4) is 5.75 Å². The van der Waals surface area contributed by atoms with Crippen LogP contribution in [0.2, 0.25) is 0 Å². The third-order valence-electron chi connectivity index (χ3n) is 2.52. The SMILES string of the molecule is Nc1cccc(NC(=O)c2cc(F)c(F)c(O)c2F)c1. The Balaban J connectivity index is 2.35. The Bertz CT molecular complexity index is 690. The van der Waals surface area contributed by atoms with Gasteiger partial charge in [-0.15, -0.1) is 0 Å². The number of benzene rings is 2. The molecule has 0 bridgehead atoms. The number of rotatable bonds is 2. The maximum atomic E-state index is 13.5. The fourth-order valence-corrected chi connectivity index (χ4v) is 1.57. The molecule has 0 aliphatic rings. The summed E-state index contributed by atoms with van der Waals surface area (Å²) in [4.78, 5) is 11.8. The van der Waals surface area contributed by atoms with Crippen LogP contribution in [0.5, 0.6) is 5.75 Å². The van der Waals surface area contributed by atoms with Crippen molar-refractivity contribution in [3.63, 3.8) is 0 Å². The zero-order valence-corrected chi connectivity index (χ0v) is 9.95. The predicted octanol–water partition coefficient (Wildman–Crippen LogP) is 2.64. The molecule has 0 aromatic heterocycles. The normalized spacial score (nSPS) is 10.3. The smallest absolute Gasteiger partial charge is 0.258 e. The zero-order chi connectivity index (χ0) is 14.9. The second kappa shape index (κ2) is 5.12. The van der Waals surface area contributed by atoms with Gasteiger partial charge in [0.25, 0.3) is 5.91 Å². The predicted molar refractivity (Wildman–Crippen MR) is 66.8 cm³/mol. The lowest BCUT2D eigenvalue weighted by atomic mass is 10.1. The van der Waals surface area contributed by atoms with Gasteiger partial charge in [-0.1, -0.05) is 6.07 Å². The highest BCUT2D eigenvalue weighted by molar-refractivity contribution is 6.04. The molecule has 2 rings (SSSR count). The summed E-state index contributed by atoms with van der Waals surface area (Å²) in [5, 5.41) is 11.3. The largest absolute Gasteiger partial charge is 0.503 e. The van der Waals surface area contributed by atoms with Crippen molar-refractivity contribution in [1.29, 1.82) is 0 Å². The number of carbonyl (C=O) groups is 1. The quantitative estimate of drug-likeness (QED) is 0.585. The lowest BCUT2D eigenvalue weighted by Crippen LogP contribution is -2.15. The van der Waals surface area contributed by atoms with Crippen LogP contribution < -0.4 is 11.1 Å². The lowest BCUT2D eigenvalue weighted by Gasteiger charge is -2.08. The molecule has 104 valence electrons. The molecule has 2 aromatic carbocycles. The molecule has 0 atom stereocenters. The van der Waals surface area contributed by atoms with Crippen molar-refractivity contribution in [2.75, 3.05) is 11.1 Å². The second-order valence-electron chi connectivity index (χ2n) is 3.96. The zero-order valence-electron chi connectivity index (χ0n) is 9.95. The van der Waals surface area contributed by atoms with E-state index in [1.165, 1.54) is 12.1 Å². The Labute approximate surface area is 111 Å². The van der Waals surface area contributed by atoms with Gasteiger partial charge in [0, 0.05) is 11.4 Å². The second-order valence-corrected chi connectivity index (χ2v) is 3.96. The van der Waals surface area contributed by atoms with E-state index in [4.69, 9.17) is 10.8 Å². The van der Waals surface area contributed by atoms with Crippen LogP contribution in [0.15, 0.2) is 30.3 Å². The number of carbonyl (C=O) groups excluding carboxylic acids is 1. The standard InChI is InChI=1S/C13H9F3N2O2/c14-9-5-8(10(15)12(19)11(9)16)13(20)18-7-3-1-2-6(17)4-7/h1-5,19H,17H2,(H,18,20). The van der Waals surface area contributed by atoms with Crippen LogP contribution >= 0.6 is 0 Å². The summed E-state index contributed by atoms with van der Waals surface area (Å²) >= 11 is 0. The monoisotopic (exact) mass is 282 g/mol. The van der Waals surface area contributed by atoms with Crippen molar-refractivity contribution in [3.05, 3.63) is 53.3 Å². The van der Waals surface area contributed by atoms with Gasteiger partial charge in [-0.3, -0.25) is 4.79 Å². The van der Waals surface area contributed by atoms with Gasteiger partial charge in [0.05, 0.1) is 5.56 Å². The van der Waals surface area contributed by atoms with Gasteiger partial charge >= 0.3 is 0 Å². The molecular formula is C13H9F3N2O2. The average molecular weight is 282 g/mol. The Morgan fingerprint density at radius 3 is 2.50 bits per heavy atom. The molecule has 4 N–H and O–H groups in total. The van der Waals surface area contributed by atoms with E-state index in [1.807, 2.05) is 0 Å². The van der Waals surface area contributed by atoms with E-state index in [2.05, 4.69) is 5.32 Å². The first-order valence-corrected chi connectivity index (χ1v) is 5.43. The van der Waals surface area contributed by atoms with Crippen molar-refractivity contribution in [2.24, 2.45) is 0 Å². The maximum Gasteiger partial charge on any atom is 0.258 e. The van der Waals surface area contributed by atoms with Crippen LogP contribution in [0, 0.1) is 17.5 Å². The highest BCUT2D eigenvalue weighted by atomic mass is 19.2. The number of aromatic hydroxyl groups is 1. The molecule has 0 fully saturated rings. The van der Waals surface area contributed by atoms with E-state index in [0.717, 1.165) is 0 Å². The van der Waals surface area contributed by atoms with Crippen LogP contribution in [0.3, 0.4) is 0 Å². The fraction of sp³-hybridized carbons (Fsp3) is 0. The summed E-state index contributed by atoms with van der Waals surface area (Å²) in [6.07, 6.45) is 0. The van der Waals surface area contributed by atoms with Crippen LogP contribution in [0.1, 0.15) is 10.4 Å². The molecule has 0 spiro atoms. The minimum absolute atomic E-state index is 0.249. The molecule has 1 amide bonds. The van der Waals surface area contributed by atoms with E-state index < -0.39 is 34.7 Å². The summed E-state index contributed by atoms with van der Waals surface area (Å²) in [5.41, 5.74) is 5.29. The number of amides is 1. The summed E-state index contributed by atoms with van der Waals surface area (Å²) in [7, 11) is 0. The van der Waals surface area contributed by atoms with Gasteiger partial charge in [0.2, 0.25) is 5.82 Å². The Kier molecular flexibility index (Phi) is 3.51. The van der Waals surface area contributed by atoms with E-state index in [0.29, 0.717) is 11.8 Å². The number of hydrogen-bond donors (Lipinski definition) is 3. The lowest BCUT2D eigenvalue weighted by molar-refractivity contribution is 0.102. The highest BCUT2D eigenvalue weighted by Gasteiger charge is 2.22. The van der Waals surface area contributed by atoms with Crippen molar-refractivity contribution >= 4 is 17.3 Å². The topological polar surface area (TPSA) is 75.3 Å². The van der Waals surface area contributed by atoms with Gasteiger partial charge in [-0.05, 0) is 24.3 Å². The number of halogens is 3. The van der Waals surface area contributed by atoms with Crippen molar-refractivity contribution in [1.82, 2.24) is 0 Å². The van der Waals surface area contributed by atoms with Crippen LogP contribution in [0.4, 0.5) is 24.5 Å². The van der Waals surface area contributed by atoms with Crippen molar-refractivity contribution < 1.29 is 23.1 Å². The molecule has 20 heavy (non-hydrogen) atoms. The first kappa shape index (κ1) is 13.7. The number of phenols is 1. The Morgan fingerprint density at radius 2 is 1.85 bits per heavy atom. The first-order chi connectivity index (χ1) is 9.40. The van der Waals surface area contributed by atoms with Gasteiger partial charge in [0.15, 0.2) is 17.4 Å². The number of nitrogens with two attached hydrogens (primary N) is 1. The van der Waals surface area contributed by atoms with Gasteiger partial charge in [-0.2, -0.15) is 4.39 Å². The molecule has 7 heteroatoms. The molecule has 0 saturated heterocycles. The first-order valence-electron chi connectivity index (χ1n) is 5.43. The van der Waals surface area contributed by atoms with E-state index in [9.17, 15) is 18.0 Å². The van der Waals surface area contributed by atoms with Crippen LogP contribution in [-0.2, 0) is 0 Å². The summed E-state index contributed by atoms with van der Waals surface area (Å²) < 4.78 is 39.5. The molecule has 0 heterocycles. The van der Waals surface area contributed by atoms with E-state index in [-0.39, 0.29) is 5.69 Å². The number of anilines is 2. The average Bonchev–Trinajstić information content (AvgIpc) is 2.40. The summed E-state index contributed by atoms with van der Waals surface area (Å²) in [6, 6.07) is 6.36. The minimum Gasteiger partial charge on any atom is -0.503 e. The van der Waals surface area contributed by atoms with Gasteiger partial charge in [-0.25, -0.2) is 8.78 Å². The number of nitrogens with one attached hydrogen (secondary N) is 1. The Hall–Kier alpha value is -2.70. The Morgan fingerprint density at radius 1 is 1.15 bits per heavy atom. The third kappa shape index (κ3) is 2.51. The summed E-state index contributed by atoms with van der Waals surface area (Å²) in [5.74, 6) is -7.39. The number of phenolic OH excluding ortho intramolecular Hbond substituents is 1. The molecular weight excluding hydrogens is 273 g/mol. The van der Waals surface area contributed by atoms with Gasteiger partial charge in [0.1, 0.15) is 0 Å². The molecule has 0 radical (unpaired) electrons. The molecule has 2 aromatic rings. The van der Waals surface area contributed by atoms with Crippen LogP contribution in [0.25, 0.3) is 0 Å². The molecule has 0 aliphatic heterocycles. The third-order valence-corrected chi connectivity index (χ3v) is 2.52. The molecule has 0 saturated carbocycles. The number of nitrogen functional groups attached to an aromatic ring is 1. The molecule has 0 aliphatic carbocycles. The number of hydrogen-bond acceptors (Lipinski definition) is 3. The molecule has 4 nitrogen and oxygen atoms in total. The maximum absolute atomic E-state index is 13.5. The van der Waals surface area contributed by atoms with Gasteiger partial charge < -0.3 is 16.2 Å². The highest BCUT2D eigenvalue weighted by Crippen LogP contribution is 2.26. The van der Waals surface area contributed by atoms with E-state index >= 15 is 0 Å². The summed E-state index contributed by atoms with van der Waals surface area (Å²) in [6.45, 7) is 0. The van der Waals surface area contributed by atoms with E-state index in [1.54, 1.807) is 12.1 Å².